The van der Waals surface area contributed by atoms with Crippen molar-refractivity contribution in [2.24, 2.45) is 0 Å². The summed E-state index contributed by atoms with van der Waals surface area (Å²) in [6.07, 6.45) is 0.870. The Bertz CT molecular complexity index is 747. The summed E-state index contributed by atoms with van der Waals surface area (Å²) in [6, 6.07) is 6.38. The van der Waals surface area contributed by atoms with Crippen molar-refractivity contribution in [3.05, 3.63) is 41.3 Å². The normalized spacial score (nSPS) is 20.5. The van der Waals surface area contributed by atoms with E-state index in [2.05, 4.69) is 21.2 Å². The number of halogens is 1. The minimum absolute atomic E-state index is 0.140. The SMILES string of the molecule is COCC1CC(CNC(=O)c2cc(C)nc3cc(F)ccc23)NN1. The van der Waals surface area contributed by atoms with Crippen molar-refractivity contribution in [3.63, 3.8) is 0 Å². The number of pyridine rings is 1. The predicted molar refractivity (Wildman–Crippen MR) is 89.1 cm³/mol. The average Bonchev–Trinajstić information content (AvgIpc) is 2.99. The fourth-order valence-corrected chi connectivity index (χ4v) is 2.98. The number of rotatable bonds is 5. The highest BCUT2D eigenvalue weighted by molar-refractivity contribution is 6.06. The lowest BCUT2D eigenvalue weighted by atomic mass is 10.1. The van der Waals surface area contributed by atoms with Crippen molar-refractivity contribution < 1.29 is 13.9 Å². The number of hydrazine groups is 1. The molecule has 7 heteroatoms. The first-order valence-electron chi connectivity index (χ1n) is 7.92. The maximum atomic E-state index is 13.4. The number of amides is 1. The topological polar surface area (TPSA) is 75.3 Å². The van der Waals surface area contributed by atoms with Gasteiger partial charge in [0.1, 0.15) is 5.82 Å². The van der Waals surface area contributed by atoms with Crippen LogP contribution < -0.4 is 16.2 Å². The van der Waals surface area contributed by atoms with E-state index in [-0.39, 0.29) is 23.8 Å². The van der Waals surface area contributed by atoms with E-state index in [0.717, 1.165) is 6.42 Å². The molecule has 0 spiro atoms. The molecular weight excluding hydrogens is 311 g/mol. The van der Waals surface area contributed by atoms with E-state index in [1.54, 1.807) is 26.2 Å². The lowest BCUT2D eigenvalue weighted by Gasteiger charge is -2.12. The molecule has 2 aromatic rings. The molecule has 1 aliphatic heterocycles. The van der Waals surface area contributed by atoms with Crippen LogP contribution in [0.5, 0.6) is 0 Å². The number of fused-ring (bicyclic) bond motifs is 1. The van der Waals surface area contributed by atoms with Crippen LogP contribution in [0, 0.1) is 12.7 Å². The van der Waals surface area contributed by atoms with Crippen molar-refractivity contribution in [3.8, 4) is 0 Å². The van der Waals surface area contributed by atoms with Crippen LogP contribution in [0.4, 0.5) is 4.39 Å². The Morgan fingerprint density at radius 2 is 2.17 bits per heavy atom. The van der Waals surface area contributed by atoms with Gasteiger partial charge in [-0.25, -0.2) is 4.39 Å². The summed E-state index contributed by atoms with van der Waals surface area (Å²) in [5, 5.41) is 3.58. The average molecular weight is 332 g/mol. The van der Waals surface area contributed by atoms with Gasteiger partial charge < -0.3 is 10.1 Å². The maximum Gasteiger partial charge on any atom is 0.252 e. The summed E-state index contributed by atoms with van der Waals surface area (Å²) in [6.45, 7) is 2.91. The zero-order chi connectivity index (χ0) is 17.1. The Balaban J connectivity index is 1.70. The molecule has 3 N–H and O–H groups in total. The van der Waals surface area contributed by atoms with Crippen molar-refractivity contribution >= 4 is 16.8 Å². The Morgan fingerprint density at radius 3 is 2.96 bits per heavy atom. The Hall–Kier alpha value is -2.09. The van der Waals surface area contributed by atoms with Gasteiger partial charge in [0.05, 0.1) is 17.7 Å². The molecule has 0 bridgehead atoms. The number of carbonyl (C=O) groups is 1. The van der Waals surface area contributed by atoms with Gasteiger partial charge in [-0.3, -0.25) is 20.6 Å². The van der Waals surface area contributed by atoms with Crippen LogP contribution in [0.15, 0.2) is 24.3 Å². The number of ether oxygens (including phenoxy) is 1. The molecule has 1 aliphatic rings. The Morgan fingerprint density at radius 1 is 1.38 bits per heavy atom. The monoisotopic (exact) mass is 332 g/mol. The number of aryl methyl sites for hydroxylation is 1. The maximum absolute atomic E-state index is 13.4. The lowest BCUT2D eigenvalue weighted by molar-refractivity contribution is 0.0951. The quantitative estimate of drug-likeness (QED) is 0.769. The third kappa shape index (κ3) is 3.69. The third-order valence-electron chi connectivity index (χ3n) is 4.08. The first kappa shape index (κ1) is 16.8. The fourth-order valence-electron chi connectivity index (χ4n) is 2.98. The summed E-state index contributed by atoms with van der Waals surface area (Å²) in [5.41, 5.74) is 7.96. The minimum Gasteiger partial charge on any atom is -0.383 e. The van der Waals surface area contributed by atoms with E-state index in [0.29, 0.717) is 35.3 Å². The molecule has 1 aromatic heterocycles. The van der Waals surface area contributed by atoms with E-state index in [9.17, 15) is 9.18 Å². The van der Waals surface area contributed by atoms with Crippen LogP contribution >= 0.6 is 0 Å². The smallest absolute Gasteiger partial charge is 0.252 e. The lowest BCUT2D eigenvalue weighted by Crippen LogP contribution is -2.41. The van der Waals surface area contributed by atoms with Gasteiger partial charge >= 0.3 is 0 Å². The number of nitrogens with zero attached hydrogens (tertiary/aromatic N) is 1. The first-order valence-corrected chi connectivity index (χ1v) is 7.92. The summed E-state index contributed by atoms with van der Waals surface area (Å²) >= 11 is 0. The van der Waals surface area contributed by atoms with Gasteiger partial charge in [0, 0.05) is 42.9 Å². The van der Waals surface area contributed by atoms with E-state index >= 15 is 0 Å². The molecule has 0 saturated carbocycles. The van der Waals surface area contributed by atoms with E-state index < -0.39 is 0 Å². The minimum atomic E-state index is -0.364. The standard InChI is InChI=1S/C17H21FN4O2/c1-10-5-15(14-4-3-11(18)6-16(14)20-10)17(23)19-8-12-7-13(9-24-2)22-21-12/h3-6,12-13,21-22H,7-9H2,1-2H3,(H,19,23). The third-order valence-corrected chi connectivity index (χ3v) is 4.08. The van der Waals surface area contributed by atoms with Gasteiger partial charge in [-0.2, -0.15) is 0 Å². The molecule has 6 nitrogen and oxygen atoms in total. The summed E-state index contributed by atoms with van der Waals surface area (Å²) in [7, 11) is 1.66. The number of aromatic nitrogens is 1. The highest BCUT2D eigenvalue weighted by Gasteiger charge is 2.24. The number of hydrogen-bond acceptors (Lipinski definition) is 5. The van der Waals surface area contributed by atoms with E-state index in [1.165, 1.54) is 12.1 Å². The molecule has 2 atom stereocenters. The number of methoxy groups -OCH3 is 1. The summed E-state index contributed by atoms with van der Waals surface area (Å²) < 4.78 is 18.5. The van der Waals surface area contributed by atoms with Crippen molar-refractivity contribution in [1.82, 2.24) is 21.2 Å². The molecule has 2 unspecified atom stereocenters. The Labute approximate surface area is 139 Å². The fraction of sp³-hybridized carbons (Fsp3) is 0.412. The van der Waals surface area contributed by atoms with Crippen LogP contribution in [0.2, 0.25) is 0 Å². The molecule has 2 heterocycles. The summed E-state index contributed by atoms with van der Waals surface area (Å²) in [4.78, 5) is 16.8. The van der Waals surface area contributed by atoms with Gasteiger partial charge in [0.2, 0.25) is 0 Å². The number of benzene rings is 1. The number of nitrogens with one attached hydrogen (secondary N) is 3. The van der Waals surface area contributed by atoms with Crippen LogP contribution in [-0.2, 0) is 4.74 Å². The van der Waals surface area contributed by atoms with E-state index in [1.807, 2.05) is 0 Å². The van der Waals surface area contributed by atoms with Crippen molar-refractivity contribution in [2.75, 3.05) is 20.3 Å². The second kappa shape index (κ2) is 7.21. The molecule has 3 rings (SSSR count). The molecular formula is C17H21FN4O2. The highest BCUT2D eigenvalue weighted by atomic mass is 19.1. The molecule has 1 fully saturated rings. The van der Waals surface area contributed by atoms with Gasteiger partial charge in [-0.15, -0.1) is 0 Å². The van der Waals surface area contributed by atoms with E-state index in [4.69, 9.17) is 4.74 Å². The second-order valence-electron chi connectivity index (χ2n) is 6.06. The van der Waals surface area contributed by atoms with Crippen molar-refractivity contribution in [1.29, 1.82) is 0 Å². The molecule has 1 aromatic carbocycles. The van der Waals surface area contributed by atoms with Crippen molar-refractivity contribution in [2.45, 2.75) is 25.4 Å². The zero-order valence-electron chi connectivity index (χ0n) is 13.7. The molecule has 24 heavy (non-hydrogen) atoms. The van der Waals surface area contributed by atoms with Crippen LogP contribution in [0.3, 0.4) is 0 Å². The predicted octanol–water partition coefficient (Wildman–Crippen LogP) is 1.29. The van der Waals surface area contributed by atoms with Gasteiger partial charge in [-0.1, -0.05) is 0 Å². The highest BCUT2D eigenvalue weighted by Crippen LogP contribution is 2.19. The molecule has 1 saturated heterocycles. The number of carbonyl (C=O) groups excluding carboxylic acids is 1. The second-order valence-corrected chi connectivity index (χ2v) is 6.06. The summed E-state index contributed by atoms with van der Waals surface area (Å²) in [5.74, 6) is -0.550. The van der Waals surface area contributed by atoms with Gasteiger partial charge in [0.25, 0.3) is 5.91 Å². The molecule has 0 aliphatic carbocycles. The largest absolute Gasteiger partial charge is 0.383 e. The molecule has 1 amide bonds. The zero-order valence-corrected chi connectivity index (χ0v) is 13.7. The van der Waals surface area contributed by atoms with Gasteiger partial charge in [-0.05, 0) is 31.5 Å². The first-order chi connectivity index (χ1) is 11.6. The van der Waals surface area contributed by atoms with Crippen LogP contribution in [0.25, 0.3) is 10.9 Å². The molecule has 128 valence electrons. The number of hydrogen-bond donors (Lipinski definition) is 3. The molecule has 0 radical (unpaired) electrons. The Kier molecular flexibility index (Phi) is 5.03. The van der Waals surface area contributed by atoms with Crippen LogP contribution in [0.1, 0.15) is 22.5 Å². The van der Waals surface area contributed by atoms with Crippen LogP contribution in [-0.4, -0.2) is 43.2 Å². The van der Waals surface area contributed by atoms with Gasteiger partial charge in [0.15, 0.2) is 0 Å².